The zero-order valence-electron chi connectivity index (χ0n) is 16.5. The predicted molar refractivity (Wildman–Crippen MR) is 118 cm³/mol. The third-order valence-electron chi connectivity index (χ3n) is 5.32. The first-order chi connectivity index (χ1) is 13.5. The molecule has 0 saturated heterocycles. The van der Waals surface area contributed by atoms with Crippen molar-refractivity contribution in [2.45, 2.75) is 26.2 Å². The molecule has 0 atom stereocenters. The molecule has 0 radical (unpaired) electrons. The van der Waals surface area contributed by atoms with E-state index in [2.05, 4.69) is 81.4 Å². The first-order valence-electron chi connectivity index (χ1n) is 9.60. The Balaban J connectivity index is 1.72. The topological polar surface area (TPSA) is 23.8 Å². The number of hydrogen-bond acceptors (Lipinski definition) is 1. The van der Waals surface area contributed by atoms with Gasteiger partial charge in [-0.3, -0.25) is 0 Å². The first-order valence-corrected chi connectivity index (χ1v) is 9.60. The Kier molecular flexibility index (Phi) is 4.49. The Morgan fingerprint density at radius 1 is 0.607 bits per heavy atom. The molecule has 0 heterocycles. The fraction of sp³-hybridized carbons (Fsp3) is 0.148. The van der Waals surface area contributed by atoms with E-state index in [1.165, 1.54) is 16.7 Å². The lowest BCUT2D eigenvalue weighted by Gasteiger charge is -2.19. The van der Waals surface area contributed by atoms with Crippen molar-refractivity contribution in [2.75, 3.05) is 0 Å². The quantitative estimate of drug-likeness (QED) is 0.366. The first kappa shape index (κ1) is 18.0. The van der Waals surface area contributed by atoms with Crippen molar-refractivity contribution in [3.63, 3.8) is 0 Å². The second-order valence-corrected chi connectivity index (χ2v) is 8.22. The van der Waals surface area contributed by atoms with Gasteiger partial charge in [0.1, 0.15) is 0 Å². The van der Waals surface area contributed by atoms with Gasteiger partial charge < -0.3 is 0 Å². The van der Waals surface area contributed by atoms with Crippen LogP contribution >= 0.6 is 0 Å². The minimum Gasteiger partial charge on any atom is -0.192 e. The molecule has 4 aromatic rings. The Bertz CT molecular complexity index is 1170. The van der Waals surface area contributed by atoms with Crippen molar-refractivity contribution in [3.05, 3.63) is 96.1 Å². The molecule has 1 nitrogen and oxygen atoms in total. The normalized spacial score (nSPS) is 11.4. The van der Waals surface area contributed by atoms with Gasteiger partial charge in [0.05, 0.1) is 11.6 Å². The molecule has 0 aliphatic heterocycles. The number of nitrogens with zero attached hydrogens (tertiary/aromatic N) is 1. The lowest BCUT2D eigenvalue weighted by atomic mass is 9.86. The van der Waals surface area contributed by atoms with Gasteiger partial charge in [0, 0.05) is 5.39 Å². The van der Waals surface area contributed by atoms with Crippen molar-refractivity contribution in [3.8, 4) is 28.3 Å². The lowest BCUT2D eigenvalue weighted by Crippen LogP contribution is -2.10. The zero-order chi connectivity index (χ0) is 19.7. The standard InChI is InChI=1S/C27H23N/c1-27(2,3)23-15-12-20(13-16-23)19-8-10-21(11-9-19)25-17-14-22(18-28)24-6-4-5-7-26(24)25/h4-17H,1-3H3. The Hall–Kier alpha value is -3.37. The summed E-state index contributed by atoms with van der Waals surface area (Å²) in [6.45, 7) is 6.70. The maximum absolute atomic E-state index is 9.38. The summed E-state index contributed by atoms with van der Waals surface area (Å²) in [5, 5.41) is 11.5. The van der Waals surface area contributed by atoms with Gasteiger partial charge in [0.2, 0.25) is 0 Å². The van der Waals surface area contributed by atoms with Crippen LogP contribution in [0.4, 0.5) is 0 Å². The van der Waals surface area contributed by atoms with E-state index in [1.54, 1.807) is 0 Å². The van der Waals surface area contributed by atoms with Crippen LogP contribution in [0.15, 0.2) is 84.9 Å². The molecule has 0 saturated carbocycles. The van der Waals surface area contributed by atoms with Crippen LogP contribution in [-0.2, 0) is 5.41 Å². The second-order valence-electron chi connectivity index (χ2n) is 8.22. The third kappa shape index (κ3) is 3.30. The van der Waals surface area contributed by atoms with Crippen LogP contribution in [-0.4, -0.2) is 0 Å². The van der Waals surface area contributed by atoms with Gasteiger partial charge in [0.15, 0.2) is 0 Å². The summed E-state index contributed by atoms with van der Waals surface area (Å²) in [5.74, 6) is 0. The van der Waals surface area contributed by atoms with Crippen LogP contribution in [0.1, 0.15) is 31.9 Å². The molecular weight excluding hydrogens is 338 g/mol. The average molecular weight is 361 g/mol. The summed E-state index contributed by atoms with van der Waals surface area (Å²) in [7, 11) is 0. The van der Waals surface area contributed by atoms with Crippen LogP contribution < -0.4 is 0 Å². The molecule has 0 amide bonds. The van der Waals surface area contributed by atoms with E-state index in [4.69, 9.17) is 0 Å². The molecule has 4 rings (SSSR count). The zero-order valence-corrected chi connectivity index (χ0v) is 16.5. The fourth-order valence-corrected chi connectivity index (χ4v) is 3.65. The van der Waals surface area contributed by atoms with Crippen LogP contribution in [0.2, 0.25) is 0 Å². The summed E-state index contributed by atoms with van der Waals surface area (Å²) in [6.07, 6.45) is 0. The molecule has 0 fully saturated rings. The van der Waals surface area contributed by atoms with Crippen LogP contribution in [0.3, 0.4) is 0 Å². The Morgan fingerprint density at radius 3 is 1.71 bits per heavy atom. The van der Waals surface area contributed by atoms with Crippen LogP contribution in [0, 0.1) is 11.3 Å². The van der Waals surface area contributed by atoms with Gasteiger partial charge >= 0.3 is 0 Å². The monoisotopic (exact) mass is 361 g/mol. The molecule has 0 spiro atoms. The number of nitriles is 1. The summed E-state index contributed by atoms with van der Waals surface area (Å²) in [5.41, 5.74) is 6.98. The number of hydrogen-bond donors (Lipinski definition) is 0. The van der Waals surface area contributed by atoms with Crippen molar-refractivity contribution in [1.29, 1.82) is 5.26 Å². The Labute approximate surface area is 166 Å². The van der Waals surface area contributed by atoms with Gasteiger partial charge in [-0.15, -0.1) is 0 Å². The molecule has 0 unspecified atom stereocenters. The van der Waals surface area contributed by atoms with Crippen molar-refractivity contribution in [1.82, 2.24) is 0 Å². The van der Waals surface area contributed by atoms with Crippen LogP contribution in [0.5, 0.6) is 0 Å². The largest absolute Gasteiger partial charge is 0.192 e. The number of benzene rings is 4. The molecule has 136 valence electrons. The lowest BCUT2D eigenvalue weighted by molar-refractivity contribution is 0.590. The maximum Gasteiger partial charge on any atom is 0.0998 e. The van der Waals surface area contributed by atoms with Crippen molar-refractivity contribution >= 4 is 10.8 Å². The number of fused-ring (bicyclic) bond motifs is 1. The molecule has 0 aliphatic rings. The predicted octanol–water partition coefficient (Wildman–Crippen LogP) is 7.34. The minimum absolute atomic E-state index is 0.166. The highest BCUT2D eigenvalue weighted by molar-refractivity contribution is 5.99. The van der Waals surface area contributed by atoms with E-state index in [1.807, 2.05) is 30.3 Å². The summed E-state index contributed by atoms with van der Waals surface area (Å²) in [6, 6.07) is 31.9. The molecule has 1 heteroatoms. The maximum atomic E-state index is 9.38. The highest BCUT2D eigenvalue weighted by atomic mass is 14.2. The van der Waals surface area contributed by atoms with E-state index < -0.39 is 0 Å². The SMILES string of the molecule is CC(C)(C)c1ccc(-c2ccc(-c3ccc(C#N)c4ccccc34)cc2)cc1. The van der Waals surface area contributed by atoms with Gasteiger partial charge in [-0.05, 0) is 44.7 Å². The Morgan fingerprint density at radius 2 is 1.14 bits per heavy atom. The molecule has 4 aromatic carbocycles. The van der Waals surface area contributed by atoms with Crippen molar-refractivity contribution in [2.24, 2.45) is 0 Å². The van der Waals surface area contributed by atoms with E-state index in [0.717, 1.165) is 27.5 Å². The highest BCUT2D eigenvalue weighted by Crippen LogP contribution is 2.32. The van der Waals surface area contributed by atoms with E-state index in [-0.39, 0.29) is 5.41 Å². The summed E-state index contributed by atoms with van der Waals surface area (Å²) >= 11 is 0. The molecule has 0 N–H and O–H groups in total. The van der Waals surface area contributed by atoms with E-state index in [0.29, 0.717) is 0 Å². The molecular formula is C27H23N. The van der Waals surface area contributed by atoms with E-state index >= 15 is 0 Å². The van der Waals surface area contributed by atoms with Gasteiger partial charge in [-0.25, -0.2) is 0 Å². The number of rotatable bonds is 2. The molecule has 0 bridgehead atoms. The molecule has 0 aromatic heterocycles. The minimum atomic E-state index is 0.166. The van der Waals surface area contributed by atoms with Gasteiger partial charge in [0.25, 0.3) is 0 Å². The van der Waals surface area contributed by atoms with E-state index in [9.17, 15) is 5.26 Å². The van der Waals surface area contributed by atoms with Crippen molar-refractivity contribution < 1.29 is 0 Å². The average Bonchev–Trinajstić information content (AvgIpc) is 2.72. The molecule has 0 aliphatic carbocycles. The van der Waals surface area contributed by atoms with Gasteiger partial charge in [-0.1, -0.05) is 99.6 Å². The fourth-order valence-electron chi connectivity index (χ4n) is 3.65. The van der Waals surface area contributed by atoms with Crippen LogP contribution in [0.25, 0.3) is 33.0 Å². The summed E-state index contributed by atoms with van der Waals surface area (Å²) < 4.78 is 0. The summed E-state index contributed by atoms with van der Waals surface area (Å²) in [4.78, 5) is 0. The second kappa shape index (κ2) is 6.98. The molecule has 28 heavy (non-hydrogen) atoms. The smallest absolute Gasteiger partial charge is 0.0998 e. The van der Waals surface area contributed by atoms with Gasteiger partial charge in [-0.2, -0.15) is 5.26 Å². The third-order valence-corrected chi connectivity index (χ3v) is 5.32. The highest BCUT2D eigenvalue weighted by Gasteiger charge is 2.13.